The Hall–Kier alpha value is -2.47. The minimum atomic E-state index is -0.170. The molecule has 2 amide bonds. The second-order valence-electron chi connectivity index (χ2n) is 6.31. The van der Waals surface area contributed by atoms with Gasteiger partial charge in [0, 0.05) is 21.2 Å². The highest BCUT2D eigenvalue weighted by molar-refractivity contribution is 8.00. The van der Waals surface area contributed by atoms with Gasteiger partial charge in [0.2, 0.25) is 5.91 Å². The highest BCUT2D eigenvalue weighted by Gasteiger charge is 2.08. The molecule has 0 atom stereocenters. The van der Waals surface area contributed by atoms with Crippen LogP contribution in [-0.4, -0.2) is 17.6 Å². The number of amides is 2. The van der Waals surface area contributed by atoms with Crippen LogP contribution in [0.15, 0.2) is 71.6 Å². The largest absolute Gasteiger partial charge is 0.324 e. The van der Waals surface area contributed by atoms with Gasteiger partial charge in [0.25, 0.3) is 5.91 Å². The average Bonchev–Trinajstić information content (AvgIpc) is 2.70. The SMILES string of the molecule is Cc1ccc(C(=O)Nc2ccc(SCC(=O)Nc3ccc(Cl)cc3Cl)cc2)cc1. The van der Waals surface area contributed by atoms with Crippen molar-refractivity contribution in [3.63, 3.8) is 0 Å². The number of anilines is 2. The topological polar surface area (TPSA) is 58.2 Å². The number of hydrogen-bond acceptors (Lipinski definition) is 3. The van der Waals surface area contributed by atoms with Crippen molar-refractivity contribution in [3.8, 4) is 0 Å². The number of thioether (sulfide) groups is 1. The number of halogens is 2. The molecular formula is C22H18Cl2N2O2S. The molecule has 3 aromatic carbocycles. The third-order valence-corrected chi connectivity index (χ3v) is 5.56. The average molecular weight is 445 g/mol. The lowest BCUT2D eigenvalue weighted by Crippen LogP contribution is -2.14. The molecule has 0 radical (unpaired) electrons. The maximum Gasteiger partial charge on any atom is 0.255 e. The lowest BCUT2D eigenvalue weighted by atomic mass is 10.1. The van der Waals surface area contributed by atoms with E-state index in [1.807, 2.05) is 43.3 Å². The van der Waals surface area contributed by atoms with Crippen molar-refractivity contribution in [1.82, 2.24) is 0 Å². The molecule has 29 heavy (non-hydrogen) atoms. The molecule has 2 N–H and O–H groups in total. The standard InChI is InChI=1S/C22H18Cl2N2O2S/c1-14-2-4-15(5-3-14)22(28)25-17-7-9-18(10-8-17)29-13-21(27)26-20-11-6-16(23)12-19(20)24/h2-12H,13H2,1H3,(H,25,28)(H,26,27). The normalized spacial score (nSPS) is 10.4. The van der Waals surface area contributed by atoms with Gasteiger partial charge in [0.15, 0.2) is 0 Å². The molecule has 3 rings (SSSR count). The monoisotopic (exact) mass is 444 g/mol. The van der Waals surface area contributed by atoms with Gasteiger partial charge in [-0.15, -0.1) is 11.8 Å². The van der Waals surface area contributed by atoms with E-state index in [-0.39, 0.29) is 17.6 Å². The van der Waals surface area contributed by atoms with E-state index in [0.29, 0.717) is 27.0 Å². The number of aryl methyl sites for hydroxylation is 1. The highest BCUT2D eigenvalue weighted by atomic mass is 35.5. The first kappa shape index (κ1) is 21.2. The first-order chi connectivity index (χ1) is 13.9. The lowest BCUT2D eigenvalue weighted by molar-refractivity contribution is -0.113. The zero-order chi connectivity index (χ0) is 20.8. The molecule has 0 saturated carbocycles. The summed E-state index contributed by atoms with van der Waals surface area (Å²) in [6.07, 6.45) is 0. The number of hydrogen-bond donors (Lipinski definition) is 2. The van der Waals surface area contributed by atoms with Gasteiger partial charge in [-0.05, 0) is 61.5 Å². The summed E-state index contributed by atoms with van der Waals surface area (Å²) in [5.41, 5.74) is 2.92. The van der Waals surface area contributed by atoms with Crippen LogP contribution >= 0.6 is 35.0 Å². The number of benzene rings is 3. The van der Waals surface area contributed by atoms with Crippen LogP contribution in [0.2, 0.25) is 10.0 Å². The zero-order valence-corrected chi connectivity index (χ0v) is 17.9. The van der Waals surface area contributed by atoms with E-state index >= 15 is 0 Å². The van der Waals surface area contributed by atoms with E-state index in [1.165, 1.54) is 11.8 Å². The maximum atomic E-state index is 12.3. The second kappa shape index (κ2) is 9.83. The zero-order valence-electron chi connectivity index (χ0n) is 15.5. The molecule has 3 aromatic rings. The van der Waals surface area contributed by atoms with Crippen molar-refractivity contribution in [2.75, 3.05) is 16.4 Å². The summed E-state index contributed by atoms with van der Waals surface area (Å²) in [5, 5.41) is 6.52. The Labute approximate surface area is 183 Å². The molecule has 0 aliphatic carbocycles. The van der Waals surface area contributed by atoms with Gasteiger partial charge in [0.05, 0.1) is 16.5 Å². The minimum Gasteiger partial charge on any atom is -0.324 e. The first-order valence-corrected chi connectivity index (χ1v) is 10.5. The third kappa shape index (κ3) is 6.26. The Morgan fingerprint density at radius 1 is 0.897 bits per heavy atom. The van der Waals surface area contributed by atoms with Crippen molar-refractivity contribution < 1.29 is 9.59 Å². The molecule has 0 fully saturated rings. The molecule has 0 aliphatic heterocycles. The van der Waals surface area contributed by atoms with Crippen LogP contribution in [0.1, 0.15) is 15.9 Å². The number of carbonyl (C=O) groups excluding carboxylic acids is 2. The van der Waals surface area contributed by atoms with E-state index in [4.69, 9.17) is 23.2 Å². The maximum absolute atomic E-state index is 12.3. The molecule has 0 bridgehead atoms. The summed E-state index contributed by atoms with van der Waals surface area (Å²) in [7, 11) is 0. The second-order valence-corrected chi connectivity index (χ2v) is 8.20. The number of rotatable bonds is 6. The van der Waals surface area contributed by atoms with Gasteiger partial charge in [-0.25, -0.2) is 0 Å². The minimum absolute atomic E-state index is 0.162. The fraction of sp³-hybridized carbons (Fsp3) is 0.0909. The van der Waals surface area contributed by atoms with Crippen LogP contribution in [0, 0.1) is 6.92 Å². The molecule has 0 aliphatic rings. The Morgan fingerprint density at radius 2 is 1.59 bits per heavy atom. The molecular weight excluding hydrogens is 427 g/mol. The first-order valence-electron chi connectivity index (χ1n) is 8.76. The summed E-state index contributed by atoms with van der Waals surface area (Å²) < 4.78 is 0. The molecule has 0 spiro atoms. The summed E-state index contributed by atoms with van der Waals surface area (Å²) in [6.45, 7) is 1.97. The predicted molar refractivity (Wildman–Crippen MR) is 121 cm³/mol. The Kier molecular flexibility index (Phi) is 7.20. The van der Waals surface area contributed by atoms with Crippen molar-refractivity contribution in [2.24, 2.45) is 0 Å². The van der Waals surface area contributed by atoms with Crippen molar-refractivity contribution in [3.05, 3.63) is 87.9 Å². The van der Waals surface area contributed by atoms with Crippen molar-refractivity contribution in [1.29, 1.82) is 0 Å². The molecule has 0 unspecified atom stereocenters. The third-order valence-electron chi connectivity index (χ3n) is 4.00. The smallest absolute Gasteiger partial charge is 0.255 e. The predicted octanol–water partition coefficient (Wildman–Crippen LogP) is 6.28. The van der Waals surface area contributed by atoms with Gasteiger partial charge in [-0.2, -0.15) is 0 Å². The van der Waals surface area contributed by atoms with Crippen LogP contribution < -0.4 is 10.6 Å². The molecule has 0 saturated heterocycles. The Balaban J connectivity index is 1.51. The van der Waals surface area contributed by atoms with Crippen LogP contribution in [0.3, 0.4) is 0 Å². The van der Waals surface area contributed by atoms with E-state index in [1.54, 1.807) is 30.3 Å². The van der Waals surface area contributed by atoms with Gasteiger partial charge < -0.3 is 10.6 Å². The van der Waals surface area contributed by atoms with Gasteiger partial charge >= 0.3 is 0 Å². The van der Waals surface area contributed by atoms with Crippen LogP contribution in [0.4, 0.5) is 11.4 Å². The van der Waals surface area contributed by atoms with E-state index < -0.39 is 0 Å². The highest BCUT2D eigenvalue weighted by Crippen LogP contribution is 2.26. The van der Waals surface area contributed by atoms with Gasteiger partial charge in [0.1, 0.15) is 0 Å². The fourth-order valence-corrected chi connectivity index (χ4v) is 3.62. The number of nitrogens with one attached hydrogen (secondary N) is 2. The fourth-order valence-electron chi connectivity index (χ4n) is 2.47. The van der Waals surface area contributed by atoms with Crippen molar-refractivity contribution >= 4 is 58.2 Å². The van der Waals surface area contributed by atoms with Crippen molar-refractivity contribution in [2.45, 2.75) is 11.8 Å². The quantitative estimate of drug-likeness (QED) is 0.439. The summed E-state index contributed by atoms with van der Waals surface area (Å²) in [5.74, 6) is -0.103. The summed E-state index contributed by atoms with van der Waals surface area (Å²) >= 11 is 13.3. The van der Waals surface area contributed by atoms with Gasteiger partial charge in [-0.3, -0.25) is 9.59 Å². The Bertz CT molecular complexity index is 1020. The molecule has 4 nitrogen and oxygen atoms in total. The van der Waals surface area contributed by atoms with Crippen LogP contribution in [0.5, 0.6) is 0 Å². The van der Waals surface area contributed by atoms with E-state index in [2.05, 4.69) is 10.6 Å². The number of carbonyl (C=O) groups is 2. The Morgan fingerprint density at radius 3 is 2.24 bits per heavy atom. The van der Waals surface area contributed by atoms with E-state index in [0.717, 1.165) is 10.5 Å². The molecule has 0 heterocycles. The van der Waals surface area contributed by atoms with Crippen LogP contribution in [-0.2, 0) is 4.79 Å². The van der Waals surface area contributed by atoms with Crippen LogP contribution in [0.25, 0.3) is 0 Å². The molecule has 0 aromatic heterocycles. The van der Waals surface area contributed by atoms with Gasteiger partial charge in [-0.1, -0.05) is 40.9 Å². The molecule has 7 heteroatoms. The summed E-state index contributed by atoms with van der Waals surface area (Å²) in [4.78, 5) is 25.3. The summed E-state index contributed by atoms with van der Waals surface area (Å²) in [6, 6.07) is 19.6. The molecule has 148 valence electrons. The van der Waals surface area contributed by atoms with E-state index in [9.17, 15) is 9.59 Å². The lowest BCUT2D eigenvalue weighted by Gasteiger charge is -2.08.